The molecular formula is C17H28N2O2S. The minimum Gasteiger partial charge on any atom is -0.396 e. The highest BCUT2D eigenvalue weighted by molar-refractivity contribution is 7.07. The van der Waals surface area contributed by atoms with Gasteiger partial charge < -0.3 is 15.3 Å². The van der Waals surface area contributed by atoms with Gasteiger partial charge in [0.15, 0.2) is 0 Å². The van der Waals surface area contributed by atoms with Crippen molar-refractivity contribution in [1.82, 2.24) is 10.2 Å². The fourth-order valence-corrected chi connectivity index (χ4v) is 3.60. The number of piperidine rings is 1. The van der Waals surface area contributed by atoms with Crippen molar-refractivity contribution < 1.29 is 9.90 Å². The SMILES string of the molecule is CC(C)CC(NCc1ccsc1)C(=O)N1CCC(CO)CC1. The van der Waals surface area contributed by atoms with Gasteiger partial charge in [-0.25, -0.2) is 0 Å². The van der Waals surface area contributed by atoms with E-state index in [2.05, 4.69) is 36.0 Å². The smallest absolute Gasteiger partial charge is 0.239 e. The van der Waals surface area contributed by atoms with Gasteiger partial charge in [-0.15, -0.1) is 0 Å². The fraction of sp³-hybridized carbons (Fsp3) is 0.706. The quantitative estimate of drug-likeness (QED) is 0.810. The van der Waals surface area contributed by atoms with E-state index in [0.717, 1.165) is 38.9 Å². The van der Waals surface area contributed by atoms with Crippen LogP contribution in [-0.2, 0) is 11.3 Å². The van der Waals surface area contributed by atoms with Gasteiger partial charge in [0.2, 0.25) is 5.91 Å². The lowest BCUT2D eigenvalue weighted by molar-refractivity contribution is -0.135. The number of rotatable bonds is 7. The average Bonchev–Trinajstić information content (AvgIpc) is 3.04. The normalized spacial score (nSPS) is 17.9. The van der Waals surface area contributed by atoms with Crippen molar-refractivity contribution in [3.63, 3.8) is 0 Å². The third-order valence-corrected chi connectivity index (χ3v) is 5.05. The molecule has 4 nitrogen and oxygen atoms in total. The summed E-state index contributed by atoms with van der Waals surface area (Å²) in [5, 5.41) is 16.8. The number of hydrogen-bond acceptors (Lipinski definition) is 4. The minimum absolute atomic E-state index is 0.106. The van der Waals surface area contributed by atoms with Crippen LogP contribution in [0.3, 0.4) is 0 Å². The van der Waals surface area contributed by atoms with E-state index in [-0.39, 0.29) is 18.6 Å². The Morgan fingerprint density at radius 2 is 2.18 bits per heavy atom. The highest BCUT2D eigenvalue weighted by atomic mass is 32.1. The van der Waals surface area contributed by atoms with E-state index in [1.807, 2.05) is 4.90 Å². The monoisotopic (exact) mass is 324 g/mol. The molecule has 0 spiro atoms. The van der Waals surface area contributed by atoms with Crippen LogP contribution in [0.2, 0.25) is 0 Å². The number of thiophene rings is 1. The van der Waals surface area contributed by atoms with Crippen LogP contribution in [0.5, 0.6) is 0 Å². The maximum absolute atomic E-state index is 12.8. The number of carbonyl (C=O) groups is 1. The first-order chi connectivity index (χ1) is 10.6. The maximum Gasteiger partial charge on any atom is 0.239 e. The molecule has 124 valence electrons. The Balaban J connectivity index is 1.90. The Morgan fingerprint density at radius 1 is 1.45 bits per heavy atom. The first-order valence-electron chi connectivity index (χ1n) is 8.24. The molecule has 0 saturated carbocycles. The molecule has 0 bridgehead atoms. The number of likely N-dealkylation sites (tertiary alicyclic amines) is 1. The van der Waals surface area contributed by atoms with Gasteiger partial charge in [-0.1, -0.05) is 13.8 Å². The van der Waals surface area contributed by atoms with Crippen LogP contribution < -0.4 is 5.32 Å². The molecule has 22 heavy (non-hydrogen) atoms. The summed E-state index contributed by atoms with van der Waals surface area (Å²) in [5.74, 6) is 1.07. The molecule has 1 saturated heterocycles. The summed E-state index contributed by atoms with van der Waals surface area (Å²) in [6.07, 6.45) is 2.70. The lowest BCUT2D eigenvalue weighted by Crippen LogP contribution is -2.49. The molecule has 1 atom stereocenters. The van der Waals surface area contributed by atoms with Crippen LogP contribution in [0, 0.1) is 11.8 Å². The first kappa shape index (κ1) is 17.4. The largest absolute Gasteiger partial charge is 0.396 e. The number of aliphatic hydroxyl groups is 1. The van der Waals surface area contributed by atoms with Gasteiger partial charge in [-0.3, -0.25) is 4.79 Å². The Kier molecular flexibility index (Phi) is 6.86. The van der Waals surface area contributed by atoms with Crippen LogP contribution in [0.1, 0.15) is 38.7 Å². The van der Waals surface area contributed by atoms with Crippen LogP contribution in [-0.4, -0.2) is 41.7 Å². The van der Waals surface area contributed by atoms with Crippen LogP contribution in [0.4, 0.5) is 0 Å². The van der Waals surface area contributed by atoms with E-state index >= 15 is 0 Å². The highest BCUT2D eigenvalue weighted by Crippen LogP contribution is 2.19. The standard InChI is InChI=1S/C17H28N2O2S/c1-13(2)9-16(18-10-15-5-8-22-12-15)17(21)19-6-3-14(11-20)4-7-19/h5,8,12-14,16,18,20H,3-4,6-7,9-11H2,1-2H3. The van der Waals surface area contributed by atoms with Gasteiger partial charge in [0.05, 0.1) is 6.04 Å². The Hall–Kier alpha value is -0.910. The van der Waals surface area contributed by atoms with Gasteiger partial charge in [-0.05, 0) is 53.5 Å². The van der Waals surface area contributed by atoms with E-state index in [1.165, 1.54) is 5.56 Å². The number of amides is 1. The molecule has 2 rings (SSSR count). The van der Waals surface area contributed by atoms with E-state index in [1.54, 1.807) is 11.3 Å². The van der Waals surface area contributed by atoms with E-state index in [9.17, 15) is 9.90 Å². The number of nitrogens with one attached hydrogen (secondary N) is 1. The Morgan fingerprint density at radius 3 is 2.73 bits per heavy atom. The number of aliphatic hydroxyl groups excluding tert-OH is 1. The summed E-state index contributed by atoms with van der Waals surface area (Å²) >= 11 is 1.69. The molecule has 1 aliphatic rings. The molecule has 1 unspecified atom stereocenters. The summed E-state index contributed by atoms with van der Waals surface area (Å²) in [7, 11) is 0. The van der Waals surface area contributed by atoms with E-state index < -0.39 is 0 Å². The minimum atomic E-state index is -0.106. The summed E-state index contributed by atoms with van der Waals surface area (Å²) < 4.78 is 0. The topological polar surface area (TPSA) is 52.6 Å². The van der Waals surface area contributed by atoms with E-state index in [0.29, 0.717) is 11.8 Å². The number of carbonyl (C=O) groups excluding carboxylic acids is 1. The Bertz CT molecular complexity index is 440. The molecule has 1 aliphatic heterocycles. The van der Waals surface area contributed by atoms with Gasteiger partial charge in [0.25, 0.3) is 0 Å². The predicted molar refractivity (Wildman–Crippen MR) is 90.8 cm³/mol. The van der Waals surface area contributed by atoms with Crippen molar-refractivity contribution in [3.8, 4) is 0 Å². The molecule has 1 aromatic rings. The molecule has 1 aromatic heterocycles. The summed E-state index contributed by atoms with van der Waals surface area (Å²) in [6, 6.07) is 1.99. The van der Waals surface area contributed by atoms with Crippen molar-refractivity contribution in [2.45, 2.75) is 45.7 Å². The number of hydrogen-bond donors (Lipinski definition) is 2. The molecular weight excluding hydrogens is 296 g/mol. The second-order valence-corrected chi connectivity index (χ2v) is 7.43. The lowest BCUT2D eigenvalue weighted by Gasteiger charge is -2.34. The van der Waals surface area contributed by atoms with E-state index in [4.69, 9.17) is 0 Å². The fourth-order valence-electron chi connectivity index (χ4n) is 2.93. The summed E-state index contributed by atoms with van der Waals surface area (Å²) in [6.45, 7) is 6.86. The van der Waals surface area contributed by atoms with Gasteiger partial charge >= 0.3 is 0 Å². The zero-order chi connectivity index (χ0) is 15.9. The predicted octanol–water partition coefficient (Wildman–Crippen LogP) is 2.48. The second kappa shape index (κ2) is 8.65. The van der Waals surface area contributed by atoms with Crippen molar-refractivity contribution in [1.29, 1.82) is 0 Å². The van der Waals surface area contributed by atoms with Crippen LogP contribution in [0.25, 0.3) is 0 Å². The third kappa shape index (κ3) is 5.07. The lowest BCUT2D eigenvalue weighted by atomic mass is 9.96. The second-order valence-electron chi connectivity index (χ2n) is 6.65. The highest BCUT2D eigenvalue weighted by Gasteiger charge is 2.28. The molecule has 0 radical (unpaired) electrons. The molecule has 1 amide bonds. The first-order valence-corrected chi connectivity index (χ1v) is 9.18. The third-order valence-electron chi connectivity index (χ3n) is 4.32. The number of nitrogens with zero attached hydrogens (tertiary/aromatic N) is 1. The van der Waals surface area contributed by atoms with Crippen LogP contribution >= 0.6 is 11.3 Å². The molecule has 0 aromatic carbocycles. The van der Waals surface area contributed by atoms with Gasteiger partial charge in [0, 0.05) is 26.2 Å². The zero-order valence-electron chi connectivity index (χ0n) is 13.6. The van der Waals surface area contributed by atoms with Gasteiger partial charge in [-0.2, -0.15) is 11.3 Å². The average molecular weight is 324 g/mol. The molecule has 1 fully saturated rings. The zero-order valence-corrected chi connectivity index (χ0v) is 14.4. The van der Waals surface area contributed by atoms with Crippen molar-refractivity contribution in [2.24, 2.45) is 11.8 Å². The summed E-state index contributed by atoms with van der Waals surface area (Å²) in [4.78, 5) is 14.8. The van der Waals surface area contributed by atoms with Crippen molar-refractivity contribution in [2.75, 3.05) is 19.7 Å². The van der Waals surface area contributed by atoms with Gasteiger partial charge in [0.1, 0.15) is 0 Å². The Labute approximate surface area is 137 Å². The maximum atomic E-state index is 12.8. The van der Waals surface area contributed by atoms with Crippen LogP contribution in [0.15, 0.2) is 16.8 Å². The molecule has 2 heterocycles. The molecule has 0 aliphatic carbocycles. The van der Waals surface area contributed by atoms with Crippen molar-refractivity contribution in [3.05, 3.63) is 22.4 Å². The summed E-state index contributed by atoms with van der Waals surface area (Å²) in [5.41, 5.74) is 1.24. The molecule has 5 heteroatoms. The van der Waals surface area contributed by atoms with Crippen molar-refractivity contribution >= 4 is 17.2 Å². The molecule has 2 N–H and O–H groups in total.